The molecule has 1 saturated heterocycles. The molecule has 3 atom stereocenters. The number of ether oxygens (including phenoxy) is 2. The number of aliphatic hydroxyl groups is 1. The van der Waals surface area contributed by atoms with Crippen molar-refractivity contribution in [1.29, 1.82) is 0 Å². The molecule has 0 aromatic heterocycles. The molecule has 0 saturated carbocycles. The summed E-state index contributed by atoms with van der Waals surface area (Å²) in [6.07, 6.45) is 0.542. The molecule has 0 aliphatic carbocycles. The molecule has 1 heterocycles. The van der Waals surface area contributed by atoms with Gasteiger partial charge in [0.15, 0.2) is 0 Å². The maximum atomic E-state index is 13.3. The summed E-state index contributed by atoms with van der Waals surface area (Å²) in [6.45, 7) is 3.59. The summed E-state index contributed by atoms with van der Waals surface area (Å²) in [5, 5.41) is 13.1. The third-order valence-corrected chi connectivity index (χ3v) is 3.52. The molecule has 112 valence electrons. The number of halogens is 1. The van der Waals surface area contributed by atoms with Crippen molar-refractivity contribution in [3.05, 3.63) is 35.6 Å². The van der Waals surface area contributed by atoms with E-state index in [-0.39, 0.29) is 31.2 Å². The molecule has 2 N–H and O–H groups in total. The van der Waals surface area contributed by atoms with E-state index in [1.54, 1.807) is 18.2 Å². The Kier molecular flexibility index (Phi) is 5.91. The van der Waals surface area contributed by atoms with E-state index in [1.807, 2.05) is 6.92 Å². The SMILES string of the molecule is CC1OCCC1NCC(O)COCc1ccccc1F. The molecule has 20 heavy (non-hydrogen) atoms. The summed E-state index contributed by atoms with van der Waals surface area (Å²) in [7, 11) is 0. The van der Waals surface area contributed by atoms with Gasteiger partial charge >= 0.3 is 0 Å². The molecule has 1 aliphatic rings. The third kappa shape index (κ3) is 4.52. The third-order valence-electron chi connectivity index (χ3n) is 3.52. The lowest BCUT2D eigenvalue weighted by Crippen LogP contribution is -2.40. The average Bonchev–Trinajstić information content (AvgIpc) is 2.84. The molecule has 0 amide bonds. The van der Waals surface area contributed by atoms with Crippen molar-refractivity contribution in [3.63, 3.8) is 0 Å². The van der Waals surface area contributed by atoms with Gasteiger partial charge in [-0.05, 0) is 19.4 Å². The topological polar surface area (TPSA) is 50.7 Å². The summed E-state index contributed by atoms with van der Waals surface area (Å²) in [5.41, 5.74) is 0.505. The van der Waals surface area contributed by atoms with Gasteiger partial charge in [-0.25, -0.2) is 4.39 Å². The van der Waals surface area contributed by atoms with Crippen LogP contribution in [0.3, 0.4) is 0 Å². The van der Waals surface area contributed by atoms with E-state index in [1.165, 1.54) is 6.07 Å². The van der Waals surface area contributed by atoms with Crippen molar-refractivity contribution >= 4 is 0 Å². The molecule has 1 aliphatic heterocycles. The minimum atomic E-state index is -0.602. The van der Waals surface area contributed by atoms with Crippen LogP contribution in [-0.2, 0) is 16.1 Å². The summed E-state index contributed by atoms with van der Waals surface area (Å²) < 4.78 is 24.1. The second-order valence-electron chi connectivity index (χ2n) is 5.14. The van der Waals surface area contributed by atoms with Gasteiger partial charge in [-0.2, -0.15) is 0 Å². The normalized spacial score (nSPS) is 23.9. The second kappa shape index (κ2) is 7.69. The van der Waals surface area contributed by atoms with Gasteiger partial charge in [0.2, 0.25) is 0 Å². The van der Waals surface area contributed by atoms with Crippen LogP contribution in [0, 0.1) is 5.82 Å². The molecule has 1 fully saturated rings. The number of hydrogen-bond acceptors (Lipinski definition) is 4. The van der Waals surface area contributed by atoms with Crippen LogP contribution >= 0.6 is 0 Å². The Hall–Kier alpha value is -1.01. The van der Waals surface area contributed by atoms with Crippen LogP contribution in [0.1, 0.15) is 18.9 Å². The molecule has 0 spiro atoms. The van der Waals surface area contributed by atoms with Gasteiger partial charge in [0.05, 0.1) is 25.4 Å². The van der Waals surface area contributed by atoms with Crippen molar-refractivity contribution in [2.24, 2.45) is 0 Å². The van der Waals surface area contributed by atoms with Crippen molar-refractivity contribution in [2.75, 3.05) is 19.8 Å². The Morgan fingerprint density at radius 2 is 2.30 bits per heavy atom. The van der Waals surface area contributed by atoms with Gasteiger partial charge in [0, 0.05) is 24.8 Å². The first kappa shape index (κ1) is 15.4. The summed E-state index contributed by atoms with van der Waals surface area (Å²) in [4.78, 5) is 0. The lowest BCUT2D eigenvalue weighted by Gasteiger charge is -2.18. The molecule has 0 bridgehead atoms. The van der Waals surface area contributed by atoms with Gasteiger partial charge in [0.25, 0.3) is 0 Å². The van der Waals surface area contributed by atoms with E-state index in [2.05, 4.69) is 5.32 Å². The zero-order valence-corrected chi connectivity index (χ0v) is 11.7. The first-order valence-electron chi connectivity index (χ1n) is 7.01. The summed E-state index contributed by atoms with van der Waals surface area (Å²) in [6, 6.07) is 6.77. The van der Waals surface area contributed by atoms with Crippen molar-refractivity contribution in [2.45, 2.75) is 38.2 Å². The van der Waals surface area contributed by atoms with E-state index < -0.39 is 6.10 Å². The molecule has 2 rings (SSSR count). The number of hydrogen-bond donors (Lipinski definition) is 2. The zero-order chi connectivity index (χ0) is 14.4. The lowest BCUT2D eigenvalue weighted by atomic mass is 10.1. The molecule has 5 heteroatoms. The van der Waals surface area contributed by atoms with E-state index in [0.717, 1.165) is 13.0 Å². The van der Waals surface area contributed by atoms with Gasteiger partial charge in [0.1, 0.15) is 5.82 Å². The van der Waals surface area contributed by atoms with Crippen LogP contribution in [0.15, 0.2) is 24.3 Å². The van der Waals surface area contributed by atoms with Gasteiger partial charge in [-0.1, -0.05) is 18.2 Å². The number of nitrogens with one attached hydrogen (secondary N) is 1. The summed E-state index contributed by atoms with van der Waals surface area (Å²) in [5.74, 6) is -0.281. The van der Waals surface area contributed by atoms with Gasteiger partial charge < -0.3 is 19.9 Å². The standard InChI is InChI=1S/C15H22FNO3/c1-11-15(6-7-20-11)17-8-13(18)10-19-9-12-4-2-3-5-14(12)16/h2-5,11,13,15,17-18H,6-10H2,1H3. The van der Waals surface area contributed by atoms with Crippen LogP contribution in [0.2, 0.25) is 0 Å². The van der Waals surface area contributed by atoms with Crippen LogP contribution in [0.4, 0.5) is 4.39 Å². The number of rotatable bonds is 7. The molecular formula is C15H22FNO3. The number of aliphatic hydroxyl groups excluding tert-OH is 1. The Morgan fingerprint density at radius 3 is 3.00 bits per heavy atom. The van der Waals surface area contributed by atoms with E-state index in [4.69, 9.17) is 9.47 Å². The molecule has 1 aromatic rings. The minimum absolute atomic E-state index is 0.173. The Labute approximate surface area is 118 Å². The first-order valence-corrected chi connectivity index (χ1v) is 7.01. The molecule has 1 aromatic carbocycles. The highest BCUT2D eigenvalue weighted by Crippen LogP contribution is 2.12. The fourth-order valence-corrected chi connectivity index (χ4v) is 2.27. The highest BCUT2D eigenvalue weighted by Gasteiger charge is 2.24. The predicted octanol–water partition coefficient (Wildman–Crippen LogP) is 1.47. The average molecular weight is 283 g/mol. The van der Waals surface area contributed by atoms with Gasteiger partial charge in [-0.15, -0.1) is 0 Å². The highest BCUT2D eigenvalue weighted by atomic mass is 19.1. The Bertz CT molecular complexity index is 416. The van der Waals surface area contributed by atoms with E-state index >= 15 is 0 Å². The molecule has 3 unspecified atom stereocenters. The first-order chi connectivity index (χ1) is 9.66. The smallest absolute Gasteiger partial charge is 0.128 e. The monoisotopic (exact) mass is 283 g/mol. The molecule has 0 radical (unpaired) electrons. The van der Waals surface area contributed by atoms with Crippen LogP contribution in [0.25, 0.3) is 0 Å². The minimum Gasteiger partial charge on any atom is -0.389 e. The van der Waals surface area contributed by atoms with E-state index in [9.17, 15) is 9.50 Å². The zero-order valence-electron chi connectivity index (χ0n) is 11.7. The lowest BCUT2D eigenvalue weighted by molar-refractivity contribution is 0.0249. The maximum Gasteiger partial charge on any atom is 0.128 e. The fraction of sp³-hybridized carbons (Fsp3) is 0.600. The fourth-order valence-electron chi connectivity index (χ4n) is 2.27. The number of benzene rings is 1. The van der Waals surface area contributed by atoms with Gasteiger partial charge in [-0.3, -0.25) is 0 Å². The van der Waals surface area contributed by atoms with E-state index in [0.29, 0.717) is 12.1 Å². The molecule has 4 nitrogen and oxygen atoms in total. The van der Waals surface area contributed by atoms with Crippen molar-refractivity contribution < 1.29 is 19.0 Å². The quantitative estimate of drug-likeness (QED) is 0.795. The predicted molar refractivity (Wildman–Crippen MR) is 73.9 cm³/mol. The van der Waals surface area contributed by atoms with Crippen LogP contribution < -0.4 is 5.32 Å². The largest absolute Gasteiger partial charge is 0.389 e. The summed E-state index contributed by atoms with van der Waals surface area (Å²) >= 11 is 0. The molecular weight excluding hydrogens is 261 g/mol. The highest BCUT2D eigenvalue weighted by molar-refractivity contribution is 5.16. The Morgan fingerprint density at radius 1 is 1.50 bits per heavy atom. The van der Waals surface area contributed by atoms with Crippen LogP contribution in [-0.4, -0.2) is 43.1 Å². The van der Waals surface area contributed by atoms with Crippen molar-refractivity contribution in [1.82, 2.24) is 5.32 Å². The Balaban J connectivity index is 1.63. The van der Waals surface area contributed by atoms with Crippen LogP contribution in [0.5, 0.6) is 0 Å². The maximum absolute atomic E-state index is 13.3. The second-order valence-corrected chi connectivity index (χ2v) is 5.14. The van der Waals surface area contributed by atoms with Crippen molar-refractivity contribution in [3.8, 4) is 0 Å².